The molecule has 1 fully saturated rings. The van der Waals surface area contributed by atoms with Crippen LogP contribution in [0.2, 0.25) is 5.02 Å². The lowest BCUT2D eigenvalue weighted by Gasteiger charge is -2.28. The first-order valence-electron chi connectivity index (χ1n) is 12.7. The molecule has 1 saturated carbocycles. The van der Waals surface area contributed by atoms with E-state index in [1.807, 2.05) is 18.2 Å². The molecule has 0 unspecified atom stereocenters. The SMILES string of the molecule is COC(=O)N1CCc2ccc3c(nc(C4CCC(C(=O)O)CC4)n3[C@H](C)Cc3ccccc3Cl)c2C1. The molecule has 0 saturated heterocycles. The fraction of sp³-hybridized carbons (Fsp3) is 0.464. The summed E-state index contributed by atoms with van der Waals surface area (Å²) < 4.78 is 7.32. The van der Waals surface area contributed by atoms with Crippen LogP contribution in [0.1, 0.15) is 67.1 Å². The Bertz CT molecular complexity index is 1300. The number of rotatable bonds is 5. The smallest absolute Gasteiger partial charge is 0.409 e. The van der Waals surface area contributed by atoms with Crippen molar-refractivity contribution in [1.82, 2.24) is 14.5 Å². The minimum atomic E-state index is -0.703. The molecule has 1 aliphatic heterocycles. The second-order valence-corrected chi connectivity index (χ2v) is 10.5. The molecule has 1 amide bonds. The summed E-state index contributed by atoms with van der Waals surface area (Å²) in [7, 11) is 1.41. The van der Waals surface area contributed by atoms with E-state index in [0.717, 1.165) is 58.7 Å². The average Bonchev–Trinajstić information content (AvgIpc) is 3.29. The number of hydrogen-bond donors (Lipinski definition) is 1. The largest absolute Gasteiger partial charge is 0.481 e. The molecule has 1 aromatic heterocycles. The van der Waals surface area contributed by atoms with E-state index >= 15 is 0 Å². The van der Waals surface area contributed by atoms with Gasteiger partial charge in [0, 0.05) is 29.1 Å². The zero-order valence-electron chi connectivity index (χ0n) is 20.7. The highest BCUT2D eigenvalue weighted by Crippen LogP contribution is 2.40. The molecule has 0 bridgehead atoms. The summed E-state index contributed by atoms with van der Waals surface area (Å²) in [5.74, 6) is 0.224. The van der Waals surface area contributed by atoms with Crippen LogP contribution in [0.3, 0.4) is 0 Å². The molecular formula is C28H32ClN3O4. The highest BCUT2D eigenvalue weighted by Gasteiger charge is 2.32. The predicted molar refractivity (Wildman–Crippen MR) is 138 cm³/mol. The van der Waals surface area contributed by atoms with Crippen molar-refractivity contribution >= 4 is 34.7 Å². The van der Waals surface area contributed by atoms with Crippen LogP contribution < -0.4 is 0 Å². The maximum atomic E-state index is 12.3. The van der Waals surface area contributed by atoms with Crippen molar-refractivity contribution in [2.45, 2.75) is 64.0 Å². The summed E-state index contributed by atoms with van der Waals surface area (Å²) >= 11 is 6.51. The second kappa shape index (κ2) is 10.1. The van der Waals surface area contributed by atoms with E-state index in [-0.39, 0.29) is 24.0 Å². The lowest BCUT2D eigenvalue weighted by molar-refractivity contribution is -0.142. The first-order valence-corrected chi connectivity index (χ1v) is 13.1. The van der Waals surface area contributed by atoms with Gasteiger partial charge in [-0.1, -0.05) is 35.9 Å². The fourth-order valence-corrected chi connectivity index (χ4v) is 6.13. The Kier molecular flexibility index (Phi) is 6.93. The fourth-order valence-electron chi connectivity index (χ4n) is 5.92. The minimum Gasteiger partial charge on any atom is -0.481 e. The van der Waals surface area contributed by atoms with Gasteiger partial charge < -0.3 is 19.3 Å². The van der Waals surface area contributed by atoms with Crippen LogP contribution in [0.25, 0.3) is 11.0 Å². The van der Waals surface area contributed by atoms with Crippen molar-refractivity contribution in [3.05, 3.63) is 63.9 Å². The van der Waals surface area contributed by atoms with Gasteiger partial charge in [0.1, 0.15) is 5.82 Å². The first kappa shape index (κ1) is 24.6. The molecule has 0 radical (unpaired) electrons. The Hall–Kier alpha value is -3.06. The molecule has 2 heterocycles. The Labute approximate surface area is 216 Å². The number of ether oxygens (including phenoxy) is 1. The van der Waals surface area contributed by atoms with Crippen LogP contribution in [0.15, 0.2) is 36.4 Å². The van der Waals surface area contributed by atoms with Crippen molar-refractivity contribution in [2.75, 3.05) is 13.7 Å². The first-order chi connectivity index (χ1) is 17.4. The molecule has 1 atom stereocenters. The van der Waals surface area contributed by atoms with Gasteiger partial charge in [-0.15, -0.1) is 0 Å². The van der Waals surface area contributed by atoms with Crippen LogP contribution >= 0.6 is 11.6 Å². The van der Waals surface area contributed by atoms with Crippen LogP contribution in [0.4, 0.5) is 4.79 Å². The minimum absolute atomic E-state index is 0.0976. The maximum Gasteiger partial charge on any atom is 0.409 e. The van der Waals surface area contributed by atoms with E-state index in [0.29, 0.717) is 25.9 Å². The summed E-state index contributed by atoms with van der Waals surface area (Å²) in [6, 6.07) is 12.3. The van der Waals surface area contributed by atoms with Crippen molar-refractivity contribution in [3.8, 4) is 0 Å². The Morgan fingerprint density at radius 2 is 1.92 bits per heavy atom. The number of imidazole rings is 1. The number of aromatic nitrogens is 2. The van der Waals surface area contributed by atoms with Gasteiger partial charge in [0.25, 0.3) is 0 Å². The monoisotopic (exact) mass is 509 g/mol. The normalized spacial score (nSPS) is 20.7. The van der Waals surface area contributed by atoms with E-state index in [4.69, 9.17) is 21.3 Å². The van der Waals surface area contributed by atoms with E-state index in [1.54, 1.807) is 4.90 Å². The van der Waals surface area contributed by atoms with Gasteiger partial charge in [-0.2, -0.15) is 0 Å². The molecular weight excluding hydrogens is 478 g/mol. The maximum absolute atomic E-state index is 12.3. The molecule has 5 rings (SSSR count). The standard InChI is InChI=1S/C28H32ClN3O4/c1-17(15-21-5-3-4-6-23(21)29)32-24-12-11-18-13-14-31(28(35)36-2)16-22(18)25(24)30-26(32)19-7-9-20(10-8-19)27(33)34/h3-6,11-12,17,19-20H,7-10,13-16H2,1-2H3,(H,33,34)/t17-,19?,20?/m1/s1. The van der Waals surface area contributed by atoms with Gasteiger partial charge in [0.05, 0.1) is 30.6 Å². The number of halogens is 1. The van der Waals surface area contributed by atoms with Crippen molar-refractivity contribution < 1.29 is 19.4 Å². The second-order valence-electron chi connectivity index (χ2n) is 10.1. The van der Waals surface area contributed by atoms with Gasteiger partial charge in [-0.25, -0.2) is 9.78 Å². The third kappa shape index (κ3) is 4.57. The number of fused-ring (bicyclic) bond motifs is 3. The zero-order chi connectivity index (χ0) is 25.4. The molecule has 190 valence electrons. The Balaban J connectivity index is 1.57. The van der Waals surface area contributed by atoms with Crippen LogP contribution in [0.5, 0.6) is 0 Å². The topological polar surface area (TPSA) is 84.7 Å². The van der Waals surface area contributed by atoms with Gasteiger partial charge in [-0.3, -0.25) is 4.79 Å². The molecule has 3 aromatic rings. The number of hydrogen-bond acceptors (Lipinski definition) is 4. The van der Waals surface area contributed by atoms with Crippen LogP contribution in [0, 0.1) is 5.92 Å². The molecule has 0 spiro atoms. The van der Waals surface area contributed by atoms with Crippen LogP contribution in [-0.2, 0) is 28.9 Å². The molecule has 8 heteroatoms. The number of carbonyl (C=O) groups is 2. The Morgan fingerprint density at radius 3 is 2.61 bits per heavy atom. The van der Waals surface area contributed by atoms with Gasteiger partial charge in [0.2, 0.25) is 0 Å². The van der Waals surface area contributed by atoms with E-state index in [9.17, 15) is 14.7 Å². The molecule has 7 nitrogen and oxygen atoms in total. The molecule has 2 aromatic carbocycles. The number of amides is 1. The lowest BCUT2D eigenvalue weighted by Crippen LogP contribution is -2.35. The summed E-state index contributed by atoms with van der Waals surface area (Å²) in [5.41, 5.74) is 5.36. The number of nitrogens with zero attached hydrogens (tertiary/aromatic N) is 3. The summed E-state index contributed by atoms with van der Waals surface area (Å²) in [5, 5.41) is 10.2. The highest BCUT2D eigenvalue weighted by atomic mass is 35.5. The van der Waals surface area contributed by atoms with Crippen molar-refractivity contribution in [2.24, 2.45) is 5.92 Å². The number of benzene rings is 2. The molecule has 2 aliphatic rings. The van der Waals surface area contributed by atoms with Gasteiger partial charge in [-0.05, 0) is 68.7 Å². The molecule has 36 heavy (non-hydrogen) atoms. The predicted octanol–water partition coefficient (Wildman–Crippen LogP) is 5.98. The third-order valence-electron chi connectivity index (χ3n) is 7.88. The summed E-state index contributed by atoms with van der Waals surface area (Å²) in [6.07, 6.45) is 4.13. The average molecular weight is 510 g/mol. The number of carboxylic acid groups (broad SMARTS) is 1. The quantitative estimate of drug-likeness (QED) is 0.457. The number of carboxylic acids is 1. The molecule has 1 aliphatic carbocycles. The van der Waals surface area contributed by atoms with Gasteiger partial charge >= 0.3 is 12.1 Å². The van der Waals surface area contributed by atoms with Crippen molar-refractivity contribution in [1.29, 1.82) is 0 Å². The van der Waals surface area contributed by atoms with E-state index in [1.165, 1.54) is 12.7 Å². The number of aliphatic carboxylic acids is 1. The van der Waals surface area contributed by atoms with Crippen molar-refractivity contribution in [3.63, 3.8) is 0 Å². The van der Waals surface area contributed by atoms with Crippen LogP contribution in [-0.4, -0.2) is 45.3 Å². The van der Waals surface area contributed by atoms with E-state index < -0.39 is 5.97 Å². The lowest BCUT2D eigenvalue weighted by atomic mass is 9.81. The van der Waals surface area contributed by atoms with Gasteiger partial charge in [0.15, 0.2) is 0 Å². The summed E-state index contributed by atoms with van der Waals surface area (Å²) in [6.45, 7) is 3.29. The summed E-state index contributed by atoms with van der Waals surface area (Å²) in [4.78, 5) is 30.8. The third-order valence-corrected chi connectivity index (χ3v) is 8.25. The van der Waals surface area contributed by atoms with E-state index in [2.05, 4.69) is 29.7 Å². The molecule has 1 N–H and O–H groups in total. The number of methoxy groups -OCH3 is 1. The zero-order valence-corrected chi connectivity index (χ0v) is 21.5. The number of carbonyl (C=O) groups excluding carboxylic acids is 1. The Morgan fingerprint density at radius 1 is 1.17 bits per heavy atom. The highest BCUT2D eigenvalue weighted by molar-refractivity contribution is 6.31.